The molecule has 3 nitrogen and oxygen atoms in total. The summed E-state index contributed by atoms with van der Waals surface area (Å²) in [5.74, 6) is 0.838. The predicted octanol–water partition coefficient (Wildman–Crippen LogP) is 6.32. The van der Waals surface area contributed by atoms with Gasteiger partial charge in [0, 0.05) is 15.0 Å². The van der Waals surface area contributed by atoms with Crippen LogP contribution in [0.4, 0.5) is 0 Å². The van der Waals surface area contributed by atoms with E-state index in [1.807, 2.05) is 47.0 Å². The maximum Gasteiger partial charge on any atom is 0.261 e. The van der Waals surface area contributed by atoms with E-state index in [4.69, 9.17) is 16.6 Å². The lowest BCUT2D eigenvalue weighted by molar-refractivity contribution is 0.665. The highest BCUT2D eigenvalue weighted by molar-refractivity contribution is 14.1. The molecule has 0 fully saturated rings. The quantitative estimate of drug-likeness (QED) is 0.292. The van der Waals surface area contributed by atoms with Gasteiger partial charge in [-0.3, -0.25) is 9.36 Å². The molecule has 0 saturated carbocycles. The van der Waals surface area contributed by atoms with E-state index < -0.39 is 0 Å². The Morgan fingerprint density at radius 2 is 1.79 bits per heavy atom. The van der Waals surface area contributed by atoms with Crippen LogP contribution in [0.5, 0.6) is 0 Å². The molecule has 0 amide bonds. The smallest absolute Gasteiger partial charge is 0.261 e. The molecular formula is C24H20ClIN2O. The van der Waals surface area contributed by atoms with E-state index in [0.29, 0.717) is 11.9 Å². The molecular weight excluding hydrogens is 495 g/mol. The van der Waals surface area contributed by atoms with Gasteiger partial charge in [-0.25, -0.2) is 4.98 Å². The number of hydrogen-bond donors (Lipinski definition) is 0. The van der Waals surface area contributed by atoms with Gasteiger partial charge in [0.1, 0.15) is 5.82 Å². The van der Waals surface area contributed by atoms with Crippen LogP contribution in [0.2, 0.25) is 5.02 Å². The maximum absolute atomic E-state index is 13.2. The van der Waals surface area contributed by atoms with E-state index in [1.54, 1.807) is 0 Å². The summed E-state index contributed by atoms with van der Waals surface area (Å²) in [5, 5.41) is 1.39. The summed E-state index contributed by atoms with van der Waals surface area (Å²) < 4.78 is 2.85. The molecule has 5 heteroatoms. The van der Waals surface area contributed by atoms with Gasteiger partial charge in [-0.2, -0.15) is 0 Å². The number of halogens is 2. The highest BCUT2D eigenvalue weighted by Gasteiger charge is 2.12. The molecule has 0 unspecified atom stereocenters. The summed E-state index contributed by atoms with van der Waals surface area (Å²) in [5.41, 5.74) is 4.04. The van der Waals surface area contributed by atoms with Gasteiger partial charge >= 0.3 is 0 Å². The first kappa shape index (κ1) is 20.1. The van der Waals surface area contributed by atoms with Gasteiger partial charge in [0.2, 0.25) is 0 Å². The van der Waals surface area contributed by atoms with Gasteiger partial charge in [-0.05, 0) is 76.0 Å². The van der Waals surface area contributed by atoms with E-state index in [0.717, 1.165) is 49.5 Å². The second-order valence-electron chi connectivity index (χ2n) is 7.04. The van der Waals surface area contributed by atoms with Crippen LogP contribution in [0.1, 0.15) is 24.7 Å². The predicted molar refractivity (Wildman–Crippen MR) is 129 cm³/mol. The minimum atomic E-state index is 0.0240. The molecule has 29 heavy (non-hydrogen) atoms. The lowest BCUT2D eigenvalue weighted by atomic mass is 10.0. The molecule has 1 heterocycles. The number of aryl methyl sites for hydroxylation is 1. The van der Waals surface area contributed by atoms with Crippen LogP contribution in [0.3, 0.4) is 0 Å². The summed E-state index contributed by atoms with van der Waals surface area (Å²) in [6.07, 6.45) is 1.72. The number of benzene rings is 3. The highest BCUT2D eigenvalue weighted by atomic mass is 127. The van der Waals surface area contributed by atoms with Crippen LogP contribution in [0.15, 0.2) is 71.5 Å². The van der Waals surface area contributed by atoms with Crippen molar-refractivity contribution in [3.63, 3.8) is 0 Å². The molecule has 3 aromatic carbocycles. The zero-order chi connectivity index (χ0) is 20.4. The van der Waals surface area contributed by atoms with Crippen molar-refractivity contribution in [2.75, 3.05) is 0 Å². The first-order valence-electron chi connectivity index (χ1n) is 9.59. The van der Waals surface area contributed by atoms with Crippen LogP contribution in [0.25, 0.3) is 22.0 Å². The molecule has 0 aliphatic carbocycles. The topological polar surface area (TPSA) is 34.9 Å². The van der Waals surface area contributed by atoms with Gasteiger partial charge in [-0.15, -0.1) is 0 Å². The zero-order valence-corrected chi connectivity index (χ0v) is 18.9. The SMILES string of the molecule is CCCc1nc2ccc(I)cc2c(=O)n1Cc1ccc(-c2cccc(Cl)c2)cc1. The Labute approximate surface area is 188 Å². The summed E-state index contributed by atoms with van der Waals surface area (Å²) in [6, 6.07) is 21.9. The molecule has 4 rings (SSSR count). The fraction of sp³-hybridized carbons (Fsp3) is 0.167. The van der Waals surface area contributed by atoms with Crippen LogP contribution in [0, 0.1) is 3.57 Å². The van der Waals surface area contributed by atoms with Gasteiger partial charge in [0.05, 0.1) is 17.4 Å². The fourth-order valence-corrected chi connectivity index (χ4v) is 4.15. The van der Waals surface area contributed by atoms with E-state index in [-0.39, 0.29) is 5.56 Å². The van der Waals surface area contributed by atoms with Gasteiger partial charge < -0.3 is 0 Å². The van der Waals surface area contributed by atoms with Gasteiger partial charge in [-0.1, -0.05) is 54.9 Å². The van der Waals surface area contributed by atoms with Gasteiger partial charge in [0.15, 0.2) is 0 Å². The Morgan fingerprint density at radius 1 is 1.00 bits per heavy atom. The van der Waals surface area contributed by atoms with Crippen LogP contribution in [-0.2, 0) is 13.0 Å². The van der Waals surface area contributed by atoms with Crippen molar-refractivity contribution in [1.29, 1.82) is 0 Å². The molecule has 4 aromatic rings. The lowest BCUT2D eigenvalue weighted by Crippen LogP contribution is -2.26. The lowest BCUT2D eigenvalue weighted by Gasteiger charge is -2.14. The number of rotatable bonds is 5. The fourth-order valence-electron chi connectivity index (χ4n) is 3.47. The van der Waals surface area contributed by atoms with Crippen LogP contribution >= 0.6 is 34.2 Å². The molecule has 0 atom stereocenters. The summed E-state index contributed by atoms with van der Waals surface area (Å²) in [4.78, 5) is 18.0. The monoisotopic (exact) mass is 514 g/mol. The third-order valence-electron chi connectivity index (χ3n) is 4.92. The third kappa shape index (κ3) is 4.38. The van der Waals surface area contributed by atoms with Crippen molar-refractivity contribution < 1.29 is 0 Å². The Kier molecular flexibility index (Phi) is 6.01. The van der Waals surface area contributed by atoms with E-state index in [1.165, 1.54) is 0 Å². The molecule has 146 valence electrons. The molecule has 0 saturated heterocycles. The molecule has 0 aliphatic heterocycles. The second-order valence-corrected chi connectivity index (χ2v) is 8.72. The van der Waals surface area contributed by atoms with Crippen LogP contribution in [-0.4, -0.2) is 9.55 Å². The molecule has 0 N–H and O–H groups in total. The Hall–Kier alpha value is -2.18. The second kappa shape index (κ2) is 8.67. The summed E-state index contributed by atoms with van der Waals surface area (Å²) >= 11 is 8.34. The first-order valence-corrected chi connectivity index (χ1v) is 11.0. The molecule has 0 aliphatic rings. The van der Waals surface area contributed by atoms with Crippen molar-refractivity contribution in [3.05, 3.63) is 97.1 Å². The maximum atomic E-state index is 13.2. The summed E-state index contributed by atoms with van der Waals surface area (Å²) in [7, 11) is 0. The molecule has 0 spiro atoms. The van der Waals surface area contributed by atoms with Gasteiger partial charge in [0.25, 0.3) is 5.56 Å². The minimum absolute atomic E-state index is 0.0240. The molecule has 0 radical (unpaired) electrons. The average molecular weight is 515 g/mol. The molecule has 0 bridgehead atoms. The number of fused-ring (bicyclic) bond motifs is 1. The zero-order valence-electron chi connectivity index (χ0n) is 16.0. The number of aromatic nitrogens is 2. The third-order valence-corrected chi connectivity index (χ3v) is 5.83. The normalized spacial score (nSPS) is 11.1. The largest absolute Gasteiger partial charge is 0.292 e. The Balaban J connectivity index is 1.72. The first-order chi connectivity index (χ1) is 14.0. The standard InChI is InChI=1S/C24H20ClIN2O/c1-2-4-23-27-22-12-11-20(26)14-21(22)24(29)28(23)15-16-7-9-17(10-8-16)18-5-3-6-19(25)13-18/h3,5-14H,2,4,15H2,1H3. The van der Waals surface area contributed by atoms with Crippen molar-refractivity contribution >= 4 is 45.1 Å². The van der Waals surface area contributed by atoms with Crippen LogP contribution < -0.4 is 5.56 Å². The molecule has 1 aromatic heterocycles. The summed E-state index contributed by atoms with van der Waals surface area (Å²) in [6.45, 7) is 2.62. The number of nitrogens with zero attached hydrogens (tertiary/aromatic N) is 2. The van der Waals surface area contributed by atoms with Crippen molar-refractivity contribution in [2.45, 2.75) is 26.3 Å². The van der Waals surface area contributed by atoms with Crippen molar-refractivity contribution in [3.8, 4) is 11.1 Å². The van der Waals surface area contributed by atoms with Crippen molar-refractivity contribution in [2.24, 2.45) is 0 Å². The Morgan fingerprint density at radius 3 is 2.52 bits per heavy atom. The average Bonchev–Trinajstić information content (AvgIpc) is 2.72. The van der Waals surface area contributed by atoms with E-state index >= 15 is 0 Å². The highest BCUT2D eigenvalue weighted by Crippen LogP contribution is 2.23. The minimum Gasteiger partial charge on any atom is -0.292 e. The van der Waals surface area contributed by atoms with E-state index in [9.17, 15) is 4.79 Å². The van der Waals surface area contributed by atoms with Crippen molar-refractivity contribution in [1.82, 2.24) is 9.55 Å². The van der Waals surface area contributed by atoms with E-state index in [2.05, 4.69) is 53.8 Å². The Bertz CT molecular complexity index is 1230. The number of hydrogen-bond acceptors (Lipinski definition) is 2.